The normalized spacial score (nSPS) is 18.8. The Bertz CT molecular complexity index is 1780. The van der Waals surface area contributed by atoms with Crippen LogP contribution < -0.4 is 14.4 Å². The fraction of sp³-hybridized carbons (Fsp3) is 0.212. The van der Waals surface area contributed by atoms with E-state index in [9.17, 15) is 19.5 Å². The molecule has 4 aromatic rings. The van der Waals surface area contributed by atoms with Crippen molar-refractivity contribution in [3.05, 3.63) is 111 Å². The van der Waals surface area contributed by atoms with Gasteiger partial charge >= 0.3 is 11.9 Å². The van der Waals surface area contributed by atoms with Crippen molar-refractivity contribution in [2.75, 3.05) is 12.0 Å². The van der Waals surface area contributed by atoms with Gasteiger partial charge in [0.2, 0.25) is 0 Å². The number of fused-ring (bicyclic) bond motifs is 1. The second-order valence-corrected chi connectivity index (χ2v) is 11.4. The average molecular weight is 597 g/mol. The molecule has 10 heteroatoms. The number of amides is 1. The number of carbonyl (C=O) groups excluding carboxylic acids is 3. The number of hydrogen-bond donors (Lipinski definition) is 1. The molecule has 2 aliphatic heterocycles. The number of methoxy groups -OCH3 is 1. The van der Waals surface area contributed by atoms with E-state index in [4.69, 9.17) is 14.2 Å². The van der Waals surface area contributed by atoms with E-state index in [1.165, 1.54) is 12.0 Å². The molecular formula is C33H28N2O7S. The quantitative estimate of drug-likeness (QED) is 0.124. The Morgan fingerprint density at radius 1 is 1.09 bits per heavy atom. The molecule has 1 fully saturated rings. The lowest BCUT2D eigenvalue weighted by Gasteiger charge is -2.23. The molecule has 0 aliphatic carbocycles. The number of thiazole rings is 1. The summed E-state index contributed by atoms with van der Waals surface area (Å²) in [7, 11) is 1.26. The molecule has 43 heavy (non-hydrogen) atoms. The van der Waals surface area contributed by atoms with Crippen LogP contribution in [-0.2, 0) is 27.4 Å². The van der Waals surface area contributed by atoms with Crippen molar-refractivity contribution >= 4 is 39.9 Å². The molecule has 2 aliphatic rings. The highest BCUT2D eigenvalue weighted by Crippen LogP contribution is 2.45. The molecule has 3 aromatic carbocycles. The van der Waals surface area contributed by atoms with Gasteiger partial charge < -0.3 is 19.3 Å². The van der Waals surface area contributed by atoms with Crippen molar-refractivity contribution in [2.24, 2.45) is 0 Å². The van der Waals surface area contributed by atoms with Gasteiger partial charge in [0.1, 0.15) is 34.8 Å². The zero-order valence-electron chi connectivity index (χ0n) is 23.7. The number of carbonyl (C=O) groups is 3. The maximum Gasteiger partial charge on any atom is 0.350 e. The number of aliphatic hydroxyl groups excluding tert-OH is 1. The standard InChI is InChI=1S/C33H28N2O7S/c1-18-14-23-15-22(12-13-25(23)42-18)28(36)26-27(21-10-7-11-24(16-21)41-17-20-8-5-4-6-9-20)35(31(38)29(26)37)33-34-19(2)30(43-33)32(39)40-3/h4-13,15-16,18,27,36H,14,17H2,1-3H3/b28-26+. The first kappa shape index (κ1) is 28.2. The zero-order valence-corrected chi connectivity index (χ0v) is 24.5. The highest BCUT2D eigenvalue weighted by atomic mass is 32.1. The number of aliphatic hydroxyl groups is 1. The Kier molecular flexibility index (Phi) is 7.45. The minimum Gasteiger partial charge on any atom is -0.507 e. The number of aromatic nitrogens is 1. The molecule has 1 aromatic heterocycles. The summed E-state index contributed by atoms with van der Waals surface area (Å²) in [5.41, 5.74) is 3.06. The van der Waals surface area contributed by atoms with Crippen LogP contribution in [0.15, 0.2) is 78.4 Å². The molecule has 0 bridgehead atoms. The van der Waals surface area contributed by atoms with Gasteiger partial charge in [-0.3, -0.25) is 14.5 Å². The highest BCUT2D eigenvalue weighted by Gasteiger charge is 2.48. The van der Waals surface area contributed by atoms with E-state index in [1.54, 1.807) is 49.4 Å². The van der Waals surface area contributed by atoms with Gasteiger partial charge in [-0.25, -0.2) is 9.78 Å². The second-order valence-electron chi connectivity index (χ2n) is 10.4. The summed E-state index contributed by atoms with van der Waals surface area (Å²) in [6, 6.07) is 20.9. The van der Waals surface area contributed by atoms with Gasteiger partial charge in [-0.05, 0) is 60.9 Å². The van der Waals surface area contributed by atoms with Gasteiger partial charge in [0, 0.05) is 12.0 Å². The van der Waals surface area contributed by atoms with Crippen molar-refractivity contribution in [3.8, 4) is 11.5 Å². The van der Waals surface area contributed by atoms with E-state index < -0.39 is 23.7 Å². The zero-order chi connectivity index (χ0) is 30.2. The third-order valence-electron chi connectivity index (χ3n) is 7.40. The number of benzene rings is 3. The number of esters is 1. The largest absolute Gasteiger partial charge is 0.507 e. The second kappa shape index (κ2) is 11.4. The smallest absolute Gasteiger partial charge is 0.350 e. The first-order valence-corrected chi connectivity index (χ1v) is 14.5. The maximum absolute atomic E-state index is 13.7. The Balaban J connectivity index is 1.46. The number of ether oxygens (including phenoxy) is 3. The number of nitrogens with zero attached hydrogens (tertiary/aromatic N) is 2. The van der Waals surface area contributed by atoms with E-state index in [1.807, 2.05) is 37.3 Å². The molecule has 1 saturated heterocycles. The highest BCUT2D eigenvalue weighted by molar-refractivity contribution is 7.17. The summed E-state index contributed by atoms with van der Waals surface area (Å²) >= 11 is 0.947. The first-order chi connectivity index (χ1) is 20.7. The minimum absolute atomic E-state index is 0.00579. The van der Waals surface area contributed by atoms with Crippen molar-refractivity contribution in [3.63, 3.8) is 0 Å². The average Bonchev–Trinajstić information content (AvgIpc) is 3.67. The molecule has 1 N–H and O–H groups in total. The van der Waals surface area contributed by atoms with Crippen molar-refractivity contribution in [2.45, 2.75) is 39.0 Å². The van der Waals surface area contributed by atoms with Crippen LogP contribution in [0.2, 0.25) is 0 Å². The van der Waals surface area contributed by atoms with E-state index in [-0.39, 0.29) is 27.4 Å². The van der Waals surface area contributed by atoms with Crippen molar-refractivity contribution in [1.82, 2.24) is 4.98 Å². The van der Waals surface area contributed by atoms with Crippen LogP contribution in [0.25, 0.3) is 5.76 Å². The summed E-state index contributed by atoms with van der Waals surface area (Å²) in [6.07, 6.45) is 0.651. The number of anilines is 1. The van der Waals surface area contributed by atoms with E-state index in [2.05, 4.69) is 4.98 Å². The third kappa shape index (κ3) is 5.25. The number of aryl methyl sites for hydroxylation is 1. The summed E-state index contributed by atoms with van der Waals surface area (Å²) in [4.78, 5) is 45.6. The Labute approximate surface area is 252 Å². The molecule has 2 unspecified atom stereocenters. The van der Waals surface area contributed by atoms with Crippen LogP contribution in [0, 0.1) is 6.92 Å². The van der Waals surface area contributed by atoms with Crippen LogP contribution in [0.3, 0.4) is 0 Å². The molecule has 1 amide bonds. The van der Waals surface area contributed by atoms with Crippen LogP contribution in [0.1, 0.15) is 50.6 Å². The Morgan fingerprint density at radius 2 is 1.88 bits per heavy atom. The number of hydrogen-bond acceptors (Lipinski definition) is 9. The van der Waals surface area contributed by atoms with Gasteiger partial charge in [0.05, 0.1) is 24.4 Å². The fourth-order valence-electron chi connectivity index (χ4n) is 5.35. The van der Waals surface area contributed by atoms with E-state index in [0.717, 1.165) is 28.2 Å². The molecule has 9 nitrogen and oxygen atoms in total. The maximum atomic E-state index is 13.7. The number of rotatable bonds is 7. The van der Waals surface area contributed by atoms with E-state index >= 15 is 0 Å². The Morgan fingerprint density at radius 3 is 2.65 bits per heavy atom. The van der Waals surface area contributed by atoms with Crippen LogP contribution in [0.4, 0.5) is 5.13 Å². The van der Waals surface area contributed by atoms with Crippen molar-refractivity contribution in [1.29, 1.82) is 0 Å². The van der Waals surface area contributed by atoms with E-state index in [0.29, 0.717) is 35.6 Å². The van der Waals surface area contributed by atoms with Crippen molar-refractivity contribution < 1.29 is 33.7 Å². The lowest BCUT2D eigenvalue weighted by Crippen LogP contribution is -2.29. The lowest BCUT2D eigenvalue weighted by atomic mass is 9.94. The summed E-state index contributed by atoms with van der Waals surface area (Å²) in [6.45, 7) is 3.90. The van der Waals surface area contributed by atoms with Gasteiger partial charge in [-0.15, -0.1) is 0 Å². The summed E-state index contributed by atoms with van der Waals surface area (Å²) < 4.78 is 16.7. The fourth-order valence-corrected chi connectivity index (χ4v) is 6.36. The Hall–Kier alpha value is -4.96. The molecule has 3 heterocycles. The SMILES string of the molecule is COC(=O)c1sc(N2C(=O)C(=O)/C(=C(/O)c3ccc4c(c3)CC(C)O4)C2c2cccc(OCc3ccccc3)c2)nc1C. The third-order valence-corrected chi connectivity index (χ3v) is 8.53. The molecule has 0 spiro atoms. The van der Waals surface area contributed by atoms with Gasteiger partial charge in [-0.1, -0.05) is 53.8 Å². The summed E-state index contributed by atoms with van der Waals surface area (Å²) in [5, 5.41) is 11.8. The molecule has 218 valence electrons. The molecule has 2 atom stereocenters. The van der Waals surface area contributed by atoms with Gasteiger partial charge in [0.25, 0.3) is 5.78 Å². The molecular weight excluding hydrogens is 568 g/mol. The minimum atomic E-state index is -1.04. The van der Waals surface area contributed by atoms with Crippen LogP contribution >= 0.6 is 11.3 Å². The number of Topliss-reactive ketones (excluding diaryl/α,β-unsaturated/α-hetero) is 1. The van der Waals surface area contributed by atoms with Gasteiger partial charge in [-0.2, -0.15) is 0 Å². The van der Waals surface area contributed by atoms with Crippen LogP contribution in [-0.4, -0.2) is 41.0 Å². The molecule has 0 radical (unpaired) electrons. The number of ketones is 1. The molecule has 6 rings (SSSR count). The van der Waals surface area contributed by atoms with Gasteiger partial charge in [0.15, 0.2) is 5.13 Å². The monoisotopic (exact) mass is 596 g/mol. The van der Waals surface area contributed by atoms with Crippen LogP contribution in [0.5, 0.6) is 11.5 Å². The topological polar surface area (TPSA) is 115 Å². The predicted octanol–water partition coefficient (Wildman–Crippen LogP) is 5.77. The summed E-state index contributed by atoms with van der Waals surface area (Å²) in [5.74, 6) is -1.41. The first-order valence-electron chi connectivity index (χ1n) is 13.7. The molecule has 0 saturated carbocycles. The lowest BCUT2D eigenvalue weighted by molar-refractivity contribution is -0.132. The predicted molar refractivity (Wildman–Crippen MR) is 160 cm³/mol.